The number of phenolic OH excluding ortho intramolecular Hbond substituents is 1. The van der Waals surface area contributed by atoms with E-state index in [1.807, 2.05) is 23.1 Å². The Morgan fingerprint density at radius 1 is 1.08 bits per heavy atom. The minimum absolute atomic E-state index is 0.133. The third-order valence-electron chi connectivity index (χ3n) is 5.32. The summed E-state index contributed by atoms with van der Waals surface area (Å²) >= 11 is 1.62. The lowest BCUT2D eigenvalue weighted by atomic mass is 9.88. The van der Waals surface area contributed by atoms with Gasteiger partial charge in [0.1, 0.15) is 16.8 Å². The Labute approximate surface area is 154 Å². The highest BCUT2D eigenvalue weighted by molar-refractivity contribution is 7.23. The average molecular weight is 364 g/mol. The van der Waals surface area contributed by atoms with E-state index >= 15 is 0 Å². The molecule has 3 aromatic rings. The largest absolute Gasteiger partial charge is 0.508 e. The molecule has 1 aromatic heterocycles. The lowest BCUT2D eigenvalue weighted by Gasteiger charge is -2.36. The number of carbonyl (C=O) groups excluding carboxylic acids is 2. The molecule has 0 bridgehead atoms. The zero-order valence-corrected chi connectivity index (χ0v) is 14.9. The molecule has 6 heteroatoms. The van der Waals surface area contributed by atoms with Crippen LogP contribution in [0.25, 0.3) is 10.1 Å². The second kappa shape index (κ2) is 5.32. The van der Waals surface area contributed by atoms with Crippen LogP contribution in [0, 0.1) is 5.92 Å². The number of amides is 2. The van der Waals surface area contributed by atoms with Gasteiger partial charge in [0.25, 0.3) is 5.91 Å². The summed E-state index contributed by atoms with van der Waals surface area (Å²) in [7, 11) is 1.55. The number of fused-ring (bicyclic) bond motifs is 4. The molecule has 1 fully saturated rings. The van der Waals surface area contributed by atoms with Gasteiger partial charge in [0.05, 0.1) is 5.92 Å². The summed E-state index contributed by atoms with van der Waals surface area (Å²) in [5.41, 5.74) is 1.83. The highest BCUT2D eigenvalue weighted by Crippen LogP contribution is 2.50. The molecule has 1 unspecified atom stereocenters. The maximum absolute atomic E-state index is 12.8. The topological polar surface area (TPSA) is 60.9 Å². The van der Waals surface area contributed by atoms with E-state index in [4.69, 9.17) is 0 Å². The predicted octanol–water partition coefficient (Wildman–Crippen LogP) is 3.28. The number of anilines is 2. The third kappa shape index (κ3) is 1.96. The molecular weight excluding hydrogens is 348 g/mol. The van der Waals surface area contributed by atoms with Crippen LogP contribution in [-0.4, -0.2) is 34.9 Å². The molecule has 0 saturated carbocycles. The molecule has 1 saturated heterocycles. The number of rotatable bonds is 1. The molecule has 0 radical (unpaired) electrons. The van der Waals surface area contributed by atoms with Gasteiger partial charge in [-0.2, -0.15) is 0 Å². The monoisotopic (exact) mass is 364 g/mol. The van der Waals surface area contributed by atoms with Crippen molar-refractivity contribution >= 4 is 43.9 Å². The maximum Gasteiger partial charge on any atom is 0.252 e. The predicted molar refractivity (Wildman–Crippen MR) is 101 cm³/mol. The molecule has 2 amide bonds. The SMILES string of the molecule is CN1C(=O)C2[C@@H](Cc3c(sc4ccccc34)N2c2cccc(O)c2)C1=O. The van der Waals surface area contributed by atoms with Crippen LogP contribution >= 0.6 is 11.3 Å². The highest BCUT2D eigenvalue weighted by Gasteiger charge is 2.53. The van der Waals surface area contributed by atoms with Crippen molar-refractivity contribution in [3.8, 4) is 5.75 Å². The number of likely N-dealkylation sites (N-methyl/N-ethyl adjacent to an activating group) is 1. The van der Waals surface area contributed by atoms with E-state index in [1.54, 1.807) is 36.6 Å². The quantitative estimate of drug-likeness (QED) is 0.673. The van der Waals surface area contributed by atoms with Crippen molar-refractivity contribution in [1.29, 1.82) is 0 Å². The molecule has 26 heavy (non-hydrogen) atoms. The highest BCUT2D eigenvalue weighted by atomic mass is 32.1. The number of nitrogens with zero attached hydrogens (tertiary/aromatic N) is 2. The molecule has 2 aliphatic heterocycles. The number of aromatic hydroxyl groups is 1. The van der Waals surface area contributed by atoms with Gasteiger partial charge in [-0.15, -0.1) is 11.3 Å². The van der Waals surface area contributed by atoms with Gasteiger partial charge in [-0.1, -0.05) is 24.3 Å². The van der Waals surface area contributed by atoms with Crippen LogP contribution in [0.15, 0.2) is 48.5 Å². The number of likely N-dealkylation sites (tertiary alicyclic amines) is 1. The minimum Gasteiger partial charge on any atom is -0.508 e. The molecule has 1 N–H and O–H groups in total. The number of imide groups is 1. The van der Waals surface area contributed by atoms with Crippen molar-refractivity contribution in [2.45, 2.75) is 12.5 Å². The summed E-state index contributed by atoms with van der Waals surface area (Å²) in [5.74, 6) is -0.588. The van der Waals surface area contributed by atoms with Gasteiger partial charge in [-0.05, 0) is 35.6 Å². The summed E-state index contributed by atoms with van der Waals surface area (Å²) in [6.07, 6.45) is 0.564. The summed E-state index contributed by atoms with van der Waals surface area (Å²) in [4.78, 5) is 28.7. The van der Waals surface area contributed by atoms with E-state index in [2.05, 4.69) is 12.1 Å². The Hall–Kier alpha value is -2.86. The smallest absolute Gasteiger partial charge is 0.252 e. The molecule has 0 spiro atoms. The van der Waals surface area contributed by atoms with E-state index in [1.165, 1.54) is 4.90 Å². The van der Waals surface area contributed by atoms with Gasteiger partial charge in [-0.3, -0.25) is 14.5 Å². The molecule has 5 rings (SSSR count). The first kappa shape index (κ1) is 15.4. The van der Waals surface area contributed by atoms with Crippen molar-refractivity contribution in [1.82, 2.24) is 4.90 Å². The Morgan fingerprint density at radius 3 is 2.69 bits per heavy atom. The van der Waals surface area contributed by atoms with Crippen molar-refractivity contribution in [3.05, 3.63) is 54.1 Å². The molecule has 130 valence electrons. The van der Waals surface area contributed by atoms with Crippen molar-refractivity contribution in [2.24, 2.45) is 5.92 Å². The second-order valence-electron chi connectivity index (χ2n) is 6.76. The first-order valence-corrected chi connectivity index (χ1v) is 9.28. The van der Waals surface area contributed by atoms with Crippen LogP contribution in [0.2, 0.25) is 0 Å². The van der Waals surface area contributed by atoms with Gasteiger partial charge >= 0.3 is 0 Å². The number of thiophene rings is 1. The Bertz CT molecular complexity index is 1070. The van der Waals surface area contributed by atoms with Crippen LogP contribution < -0.4 is 4.90 Å². The average Bonchev–Trinajstić information content (AvgIpc) is 3.12. The van der Waals surface area contributed by atoms with E-state index in [9.17, 15) is 14.7 Å². The van der Waals surface area contributed by atoms with Crippen LogP contribution in [-0.2, 0) is 16.0 Å². The van der Waals surface area contributed by atoms with Crippen LogP contribution in [0.4, 0.5) is 10.7 Å². The van der Waals surface area contributed by atoms with Crippen molar-refractivity contribution in [3.63, 3.8) is 0 Å². The summed E-state index contributed by atoms with van der Waals surface area (Å²) in [6, 6.07) is 14.4. The molecule has 3 heterocycles. The number of carbonyl (C=O) groups is 2. The van der Waals surface area contributed by atoms with Crippen molar-refractivity contribution in [2.75, 3.05) is 11.9 Å². The fraction of sp³-hybridized carbons (Fsp3) is 0.200. The molecule has 0 aliphatic carbocycles. The molecule has 2 atom stereocenters. The number of hydrogen-bond donors (Lipinski definition) is 1. The molecule has 5 nitrogen and oxygen atoms in total. The van der Waals surface area contributed by atoms with Crippen molar-refractivity contribution < 1.29 is 14.7 Å². The Balaban J connectivity index is 1.79. The number of benzene rings is 2. The van der Waals surface area contributed by atoms with Crippen LogP contribution in [0.1, 0.15) is 5.56 Å². The first-order chi connectivity index (χ1) is 12.6. The van der Waals surface area contributed by atoms with Crippen LogP contribution in [0.5, 0.6) is 5.75 Å². The zero-order chi connectivity index (χ0) is 18.0. The standard InChI is InChI=1S/C20H16N2O3S/c1-21-18(24)15-10-14-13-7-2-3-8-16(13)26-20(14)22(17(15)19(21)25)11-5-4-6-12(23)9-11/h2-9,15,17,23H,10H2,1H3/t15-,17?/m1/s1. The van der Waals surface area contributed by atoms with E-state index in [0.29, 0.717) is 6.42 Å². The number of phenols is 1. The lowest BCUT2D eigenvalue weighted by Crippen LogP contribution is -2.44. The van der Waals surface area contributed by atoms with E-state index < -0.39 is 12.0 Å². The minimum atomic E-state index is -0.560. The normalized spacial score (nSPS) is 22.0. The van der Waals surface area contributed by atoms with E-state index in [0.717, 1.165) is 26.3 Å². The zero-order valence-electron chi connectivity index (χ0n) is 14.0. The summed E-state index contributed by atoms with van der Waals surface area (Å²) < 4.78 is 1.14. The molecular formula is C20H16N2O3S. The number of hydrogen-bond acceptors (Lipinski definition) is 5. The Kier molecular flexibility index (Phi) is 3.15. The molecule has 2 aliphatic rings. The fourth-order valence-corrected chi connectivity index (χ4v) is 5.39. The summed E-state index contributed by atoms with van der Waals surface area (Å²) in [6.45, 7) is 0. The second-order valence-corrected chi connectivity index (χ2v) is 7.79. The lowest BCUT2D eigenvalue weighted by molar-refractivity contribution is -0.137. The van der Waals surface area contributed by atoms with Gasteiger partial charge in [0, 0.05) is 23.5 Å². The van der Waals surface area contributed by atoms with Crippen LogP contribution in [0.3, 0.4) is 0 Å². The Morgan fingerprint density at radius 2 is 1.88 bits per heavy atom. The van der Waals surface area contributed by atoms with Gasteiger partial charge in [0.2, 0.25) is 5.91 Å². The van der Waals surface area contributed by atoms with Gasteiger partial charge in [-0.25, -0.2) is 0 Å². The summed E-state index contributed by atoms with van der Waals surface area (Å²) in [5, 5.41) is 12.1. The molecule has 2 aromatic carbocycles. The van der Waals surface area contributed by atoms with Gasteiger partial charge in [0.15, 0.2) is 0 Å². The fourth-order valence-electron chi connectivity index (χ4n) is 4.10. The van der Waals surface area contributed by atoms with Gasteiger partial charge < -0.3 is 10.0 Å². The first-order valence-electron chi connectivity index (χ1n) is 8.46. The maximum atomic E-state index is 12.8. The third-order valence-corrected chi connectivity index (χ3v) is 6.53. The van der Waals surface area contributed by atoms with E-state index in [-0.39, 0.29) is 17.6 Å².